The molecule has 44 heavy (non-hydrogen) atoms. The van der Waals surface area contributed by atoms with Crippen molar-refractivity contribution in [1.82, 2.24) is 4.98 Å². The lowest BCUT2D eigenvalue weighted by Crippen LogP contribution is -2.05. The number of rotatable bonds is 4. The van der Waals surface area contributed by atoms with Crippen LogP contribution in [0.5, 0.6) is 0 Å². The van der Waals surface area contributed by atoms with Crippen LogP contribution in [0.1, 0.15) is 25.2 Å². The molecular formula is C41H27N3. The Kier molecular flexibility index (Phi) is 5.33. The minimum Gasteiger partial charge on any atom is -0.251 e. The summed E-state index contributed by atoms with van der Waals surface area (Å²) in [7, 11) is 0. The number of nitrogens with zero attached hydrogens (tertiary/aromatic N) is 3. The van der Waals surface area contributed by atoms with Gasteiger partial charge in [0.2, 0.25) is 0 Å². The first-order chi connectivity index (χ1) is 21.6. The molecule has 206 valence electrons. The lowest BCUT2D eigenvalue weighted by molar-refractivity contribution is 1.24. The molecule has 8 aromatic carbocycles. The van der Waals surface area contributed by atoms with Crippen molar-refractivity contribution in [2.45, 2.75) is 13.8 Å². The third-order valence-electron chi connectivity index (χ3n) is 9.08. The molecule has 0 aliphatic carbocycles. The summed E-state index contributed by atoms with van der Waals surface area (Å²) in [6.45, 7) is 4.08. The van der Waals surface area contributed by atoms with Crippen LogP contribution in [0.2, 0.25) is 0 Å². The summed E-state index contributed by atoms with van der Waals surface area (Å²) < 4.78 is 0. The molecule has 0 radical (unpaired) electrons. The maximum atomic E-state index is 5.12. The van der Waals surface area contributed by atoms with Gasteiger partial charge in [-0.15, -0.1) is 0 Å². The maximum Gasteiger partial charge on any atom is 0.0849 e. The third-order valence-corrected chi connectivity index (χ3v) is 9.08. The zero-order valence-corrected chi connectivity index (χ0v) is 24.5. The van der Waals surface area contributed by atoms with Crippen molar-refractivity contribution < 1.29 is 0 Å². The second-order valence-electron chi connectivity index (χ2n) is 11.7. The van der Waals surface area contributed by atoms with Gasteiger partial charge in [0.15, 0.2) is 0 Å². The average Bonchev–Trinajstić information content (AvgIpc) is 3.07. The van der Waals surface area contributed by atoms with Gasteiger partial charge in [0.1, 0.15) is 0 Å². The number of hydrogen-bond acceptors (Lipinski definition) is 3. The van der Waals surface area contributed by atoms with Gasteiger partial charge in [0, 0.05) is 10.8 Å². The molecule has 0 N–H and O–H groups in total. The Morgan fingerprint density at radius 2 is 0.727 bits per heavy atom. The van der Waals surface area contributed by atoms with Crippen molar-refractivity contribution in [2.75, 3.05) is 0 Å². The van der Waals surface area contributed by atoms with Gasteiger partial charge in [0.25, 0.3) is 0 Å². The molecule has 9 rings (SSSR count). The Morgan fingerprint density at radius 3 is 1.16 bits per heavy atom. The van der Waals surface area contributed by atoms with Crippen molar-refractivity contribution in [3.8, 4) is 0 Å². The Bertz CT molecular complexity index is 2410. The first-order valence-electron chi connectivity index (χ1n) is 15.0. The number of hydrogen-bond donors (Lipinski definition) is 0. The van der Waals surface area contributed by atoms with Crippen molar-refractivity contribution in [1.29, 1.82) is 0 Å². The van der Waals surface area contributed by atoms with E-state index in [0.717, 1.165) is 45.0 Å². The van der Waals surface area contributed by atoms with Crippen LogP contribution in [0.3, 0.4) is 0 Å². The van der Waals surface area contributed by atoms with E-state index in [0.29, 0.717) is 0 Å². The molecule has 1 aromatic heterocycles. The van der Waals surface area contributed by atoms with Crippen molar-refractivity contribution in [3.63, 3.8) is 0 Å². The number of benzene rings is 8. The highest BCUT2D eigenvalue weighted by molar-refractivity contribution is 6.26. The summed E-state index contributed by atoms with van der Waals surface area (Å²) in [6.07, 6.45) is 0. The number of pyridine rings is 1. The largest absolute Gasteiger partial charge is 0.251 e. The Hall–Kier alpha value is -5.67. The standard InChI is InChI=1S/C41H27N3/c1-24(42-36-22-18-30-14-12-26-6-3-8-28-16-20-32(36)40(30)38(26)28)34-10-5-11-35(44-34)25(2)43-37-23-19-31-15-13-27-7-4-9-29-17-21-33(37)41(31)39(27)29/h3-23H,1-2H3. The molecule has 0 aliphatic rings. The monoisotopic (exact) mass is 561 g/mol. The normalized spacial score (nSPS) is 13.0. The van der Waals surface area contributed by atoms with E-state index >= 15 is 0 Å². The lowest BCUT2D eigenvalue weighted by atomic mass is 9.93. The number of aromatic nitrogens is 1. The van der Waals surface area contributed by atoms with E-state index in [1.165, 1.54) is 53.9 Å². The maximum absolute atomic E-state index is 5.12. The van der Waals surface area contributed by atoms with Crippen molar-refractivity contribution in [3.05, 3.63) is 139 Å². The van der Waals surface area contributed by atoms with Gasteiger partial charge in [0.05, 0.1) is 34.2 Å². The summed E-state index contributed by atoms with van der Waals surface area (Å²) in [5, 5.41) is 15.0. The predicted molar refractivity (Wildman–Crippen MR) is 188 cm³/mol. The molecular weight excluding hydrogens is 534 g/mol. The van der Waals surface area contributed by atoms with Gasteiger partial charge >= 0.3 is 0 Å². The van der Waals surface area contributed by atoms with Crippen LogP contribution < -0.4 is 0 Å². The zero-order valence-electron chi connectivity index (χ0n) is 24.5. The quantitative estimate of drug-likeness (QED) is 0.156. The lowest BCUT2D eigenvalue weighted by Gasteiger charge is -2.13. The highest BCUT2D eigenvalue weighted by Gasteiger charge is 2.13. The van der Waals surface area contributed by atoms with Gasteiger partial charge in [-0.3, -0.25) is 9.98 Å². The first-order valence-corrected chi connectivity index (χ1v) is 15.0. The van der Waals surface area contributed by atoms with Crippen LogP contribution in [0, 0.1) is 0 Å². The van der Waals surface area contributed by atoms with Crippen LogP contribution >= 0.6 is 0 Å². The highest BCUT2D eigenvalue weighted by atomic mass is 14.8. The topological polar surface area (TPSA) is 37.6 Å². The van der Waals surface area contributed by atoms with Gasteiger partial charge in [-0.1, -0.05) is 103 Å². The van der Waals surface area contributed by atoms with Crippen LogP contribution in [0.15, 0.2) is 137 Å². The fourth-order valence-electron chi connectivity index (χ4n) is 6.95. The molecule has 0 bridgehead atoms. The molecule has 0 spiro atoms. The predicted octanol–water partition coefficient (Wildman–Crippen LogP) is 11.2. The van der Waals surface area contributed by atoms with E-state index in [9.17, 15) is 0 Å². The molecule has 0 unspecified atom stereocenters. The molecule has 9 aromatic rings. The molecule has 3 nitrogen and oxygen atoms in total. The average molecular weight is 562 g/mol. The van der Waals surface area contributed by atoms with E-state index in [1.54, 1.807) is 0 Å². The molecule has 0 amide bonds. The summed E-state index contributed by atoms with van der Waals surface area (Å²) in [6, 6.07) is 45.3. The van der Waals surface area contributed by atoms with Crippen LogP contribution in [-0.4, -0.2) is 16.4 Å². The Balaban J connectivity index is 1.12. The van der Waals surface area contributed by atoms with E-state index in [2.05, 4.69) is 109 Å². The van der Waals surface area contributed by atoms with Gasteiger partial charge in [-0.2, -0.15) is 0 Å². The number of aliphatic imine (C=N–C) groups is 2. The second kappa shape index (κ2) is 9.42. The zero-order chi connectivity index (χ0) is 29.4. The molecule has 0 saturated heterocycles. The summed E-state index contributed by atoms with van der Waals surface area (Å²) in [4.78, 5) is 15.3. The van der Waals surface area contributed by atoms with Crippen molar-refractivity contribution >= 4 is 87.4 Å². The smallest absolute Gasteiger partial charge is 0.0849 e. The SMILES string of the molecule is CC(=Nc1ccc2ccc3cccc4ccc1c2c34)c1cccc(C(C)=Nc2ccc3ccc4cccc5ccc2c3c45)n1. The first kappa shape index (κ1) is 24.9. The van der Waals surface area contributed by atoms with Crippen LogP contribution in [0.4, 0.5) is 11.4 Å². The summed E-state index contributed by atoms with van der Waals surface area (Å²) in [5.74, 6) is 0. The minimum absolute atomic E-state index is 0.845. The van der Waals surface area contributed by atoms with E-state index in [1.807, 2.05) is 32.0 Å². The fourth-order valence-corrected chi connectivity index (χ4v) is 6.95. The van der Waals surface area contributed by atoms with Crippen LogP contribution in [-0.2, 0) is 0 Å². The molecule has 0 aliphatic heterocycles. The summed E-state index contributed by atoms with van der Waals surface area (Å²) >= 11 is 0. The second-order valence-corrected chi connectivity index (χ2v) is 11.7. The van der Waals surface area contributed by atoms with E-state index in [-0.39, 0.29) is 0 Å². The van der Waals surface area contributed by atoms with Gasteiger partial charge < -0.3 is 0 Å². The molecule has 0 fully saturated rings. The van der Waals surface area contributed by atoms with Gasteiger partial charge in [-0.25, -0.2) is 4.98 Å². The third kappa shape index (κ3) is 3.73. The molecule has 1 heterocycles. The molecule has 0 saturated carbocycles. The van der Waals surface area contributed by atoms with Gasteiger partial charge in [-0.05, 0) is 92.0 Å². The fraction of sp³-hybridized carbons (Fsp3) is 0.0488. The van der Waals surface area contributed by atoms with Crippen LogP contribution in [0.25, 0.3) is 64.6 Å². The van der Waals surface area contributed by atoms with E-state index < -0.39 is 0 Å². The summed E-state index contributed by atoms with van der Waals surface area (Å²) in [5.41, 5.74) is 5.35. The minimum atomic E-state index is 0.845. The Morgan fingerprint density at radius 1 is 0.386 bits per heavy atom. The highest BCUT2D eigenvalue weighted by Crippen LogP contribution is 2.40. The molecule has 3 heteroatoms. The Labute approximate surface area is 254 Å². The molecule has 0 atom stereocenters. The van der Waals surface area contributed by atoms with Crippen molar-refractivity contribution in [2.24, 2.45) is 9.98 Å². The van der Waals surface area contributed by atoms with E-state index in [4.69, 9.17) is 15.0 Å².